The standard InChI is InChI=1S/C19H19NO5/c1-24-17(22)19(20,11-21)18(23)25-10-16-14-8-4-2-6-12(14)13-7-3-5-9-15(13)16/h2-9,16,21H,10-11,20H2,1H3/t19-/m1/s1. The van der Waals surface area contributed by atoms with E-state index in [2.05, 4.69) is 4.74 Å². The Morgan fingerprint density at radius 1 is 1.04 bits per heavy atom. The van der Waals surface area contributed by atoms with Crippen molar-refractivity contribution in [3.8, 4) is 11.1 Å². The number of nitrogens with two attached hydrogens (primary N) is 1. The zero-order valence-electron chi connectivity index (χ0n) is 13.8. The van der Waals surface area contributed by atoms with Gasteiger partial charge in [-0.1, -0.05) is 48.5 Å². The maximum atomic E-state index is 12.3. The topological polar surface area (TPSA) is 98.9 Å². The van der Waals surface area contributed by atoms with Crippen molar-refractivity contribution in [3.63, 3.8) is 0 Å². The van der Waals surface area contributed by atoms with Crippen molar-refractivity contribution in [2.75, 3.05) is 20.3 Å². The van der Waals surface area contributed by atoms with Crippen molar-refractivity contribution < 1.29 is 24.2 Å². The Kier molecular flexibility index (Phi) is 4.57. The van der Waals surface area contributed by atoms with Crippen LogP contribution in [-0.4, -0.2) is 42.9 Å². The second-order valence-corrected chi connectivity index (χ2v) is 5.95. The van der Waals surface area contributed by atoms with Crippen LogP contribution in [0.1, 0.15) is 17.0 Å². The van der Waals surface area contributed by atoms with E-state index in [0.717, 1.165) is 29.4 Å². The zero-order valence-corrected chi connectivity index (χ0v) is 13.8. The minimum absolute atomic E-state index is 0.0167. The van der Waals surface area contributed by atoms with Crippen molar-refractivity contribution >= 4 is 11.9 Å². The van der Waals surface area contributed by atoms with Gasteiger partial charge in [-0.05, 0) is 22.3 Å². The molecule has 130 valence electrons. The highest BCUT2D eigenvalue weighted by atomic mass is 16.6. The van der Waals surface area contributed by atoms with Crippen LogP contribution in [0.3, 0.4) is 0 Å². The first-order chi connectivity index (χ1) is 12.0. The van der Waals surface area contributed by atoms with Crippen LogP contribution >= 0.6 is 0 Å². The molecule has 2 aromatic rings. The molecular formula is C19H19NO5. The lowest BCUT2D eigenvalue weighted by Gasteiger charge is -2.23. The minimum Gasteiger partial charge on any atom is -0.467 e. The van der Waals surface area contributed by atoms with Crippen LogP contribution < -0.4 is 5.73 Å². The van der Waals surface area contributed by atoms with Crippen LogP contribution in [0.2, 0.25) is 0 Å². The third-order valence-electron chi connectivity index (χ3n) is 4.51. The smallest absolute Gasteiger partial charge is 0.340 e. The van der Waals surface area contributed by atoms with Crippen molar-refractivity contribution in [1.82, 2.24) is 0 Å². The molecule has 0 unspecified atom stereocenters. The highest BCUT2D eigenvalue weighted by Gasteiger charge is 2.45. The molecule has 0 saturated heterocycles. The molecule has 0 fully saturated rings. The molecule has 0 saturated carbocycles. The summed E-state index contributed by atoms with van der Waals surface area (Å²) in [5, 5.41) is 9.34. The van der Waals surface area contributed by atoms with Gasteiger partial charge in [-0.3, -0.25) is 0 Å². The molecule has 0 heterocycles. The first kappa shape index (κ1) is 17.1. The summed E-state index contributed by atoms with van der Waals surface area (Å²) in [5.41, 5.74) is 7.72. The Bertz CT molecular complexity index is 773. The number of hydrogen-bond acceptors (Lipinski definition) is 6. The van der Waals surface area contributed by atoms with Gasteiger partial charge < -0.3 is 20.3 Å². The van der Waals surface area contributed by atoms with Gasteiger partial charge in [-0.15, -0.1) is 0 Å². The molecule has 1 aliphatic carbocycles. The summed E-state index contributed by atoms with van der Waals surface area (Å²) < 4.78 is 9.78. The number of fused-ring (bicyclic) bond motifs is 3. The second kappa shape index (κ2) is 6.66. The first-order valence-corrected chi connectivity index (χ1v) is 7.86. The number of benzene rings is 2. The number of ether oxygens (including phenoxy) is 2. The molecule has 0 amide bonds. The molecule has 6 nitrogen and oxygen atoms in total. The average molecular weight is 341 g/mol. The molecule has 1 aliphatic rings. The number of rotatable bonds is 5. The zero-order chi connectivity index (χ0) is 18.0. The van der Waals surface area contributed by atoms with Gasteiger partial charge in [0.2, 0.25) is 5.54 Å². The normalized spacial score (nSPS) is 15.0. The Labute approximate surface area is 145 Å². The number of esters is 2. The van der Waals surface area contributed by atoms with Gasteiger partial charge >= 0.3 is 11.9 Å². The molecule has 0 aliphatic heterocycles. The lowest BCUT2D eigenvalue weighted by Crippen LogP contribution is -2.59. The number of carbonyl (C=O) groups is 2. The first-order valence-electron chi connectivity index (χ1n) is 7.86. The Balaban J connectivity index is 1.84. The summed E-state index contributed by atoms with van der Waals surface area (Å²) in [6.45, 7) is -0.876. The third-order valence-corrected chi connectivity index (χ3v) is 4.51. The summed E-state index contributed by atoms with van der Waals surface area (Å²) >= 11 is 0. The Morgan fingerprint density at radius 3 is 2.04 bits per heavy atom. The summed E-state index contributed by atoms with van der Waals surface area (Å²) in [5.74, 6) is -2.20. The monoisotopic (exact) mass is 341 g/mol. The predicted octanol–water partition coefficient (Wildman–Crippen LogP) is 1.20. The van der Waals surface area contributed by atoms with Crippen molar-refractivity contribution in [1.29, 1.82) is 0 Å². The molecule has 2 aromatic carbocycles. The van der Waals surface area contributed by atoms with Gasteiger partial charge in [-0.25, -0.2) is 9.59 Å². The fourth-order valence-corrected chi connectivity index (χ4v) is 3.12. The Morgan fingerprint density at radius 2 is 1.56 bits per heavy atom. The molecular weight excluding hydrogens is 322 g/mol. The molecule has 3 rings (SSSR count). The van der Waals surface area contributed by atoms with Gasteiger partial charge in [0.15, 0.2) is 0 Å². The Hall–Kier alpha value is -2.70. The van der Waals surface area contributed by atoms with Crippen molar-refractivity contribution in [3.05, 3.63) is 59.7 Å². The van der Waals surface area contributed by atoms with Crippen molar-refractivity contribution in [2.45, 2.75) is 11.5 Å². The SMILES string of the molecule is COC(=O)[C@](N)(CO)C(=O)OCC1c2ccccc2-c2ccccc21. The van der Waals surface area contributed by atoms with Crippen LogP contribution in [0, 0.1) is 0 Å². The summed E-state index contributed by atoms with van der Waals surface area (Å²) in [7, 11) is 1.09. The second-order valence-electron chi connectivity index (χ2n) is 5.95. The van der Waals surface area contributed by atoms with Crippen LogP contribution in [0.4, 0.5) is 0 Å². The fraction of sp³-hybridized carbons (Fsp3) is 0.263. The predicted molar refractivity (Wildman–Crippen MR) is 90.7 cm³/mol. The molecule has 0 aromatic heterocycles. The number of carbonyl (C=O) groups excluding carboxylic acids is 2. The molecule has 6 heteroatoms. The molecule has 3 N–H and O–H groups in total. The average Bonchev–Trinajstić information content (AvgIpc) is 2.98. The highest BCUT2D eigenvalue weighted by molar-refractivity contribution is 6.04. The van der Waals surface area contributed by atoms with Gasteiger partial charge in [-0.2, -0.15) is 0 Å². The van der Waals surface area contributed by atoms with E-state index in [9.17, 15) is 14.7 Å². The minimum atomic E-state index is -2.22. The highest BCUT2D eigenvalue weighted by Crippen LogP contribution is 2.44. The van der Waals surface area contributed by atoms with E-state index in [1.54, 1.807) is 0 Å². The summed E-state index contributed by atoms with van der Waals surface area (Å²) in [6, 6.07) is 15.8. The van der Waals surface area contributed by atoms with E-state index in [1.807, 2.05) is 48.5 Å². The van der Waals surface area contributed by atoms with Crippen molar-refractivity contribution in [2.24, 2.45) is 5.73 Å². The van der Waals surface area contributed by atoms with Crippen LogP contribution in [0.15, 0.2) is 48.5 Å². The number of aliphatic hydroxyl groups excluding tert-OH is 1. The van der Waals surface area contributed by atoms with E-state index < -0.39 is 24.1 Å². The maximum Gasteiger partial charge on any atom is 0.340 e. The van der Waals surface area contributed by atoms with Gasteiger partial charge in [0, 0.05) is 5.92 Å². The lowest BCUT2D eigenvalue weighted by atomic mass is 9.97. The quantitative estimate of drug-likeness (QED) is 0.626. The van der Waals surface area contributed by atoms with E-state index in [4.69, 9.17) is 10.5 Å². The van der Waals surface area contributed by atoms with Gasteiger partial charge in [0.05, 0.1) is 13.7 Å². The number of methoxy groups -OCH3 is 1. The fourth-order valence-electron chi connectivity index (χ4n) is 3.12. The number of hydrogen-bond donors (Lipinski definition) is 2. The molecule has 1 atom stereocenters. The van der Waals surface area contributed by atoms with E-state index >= 15 is 0 Å². The van der Waals surface area contributed by atoms with E-state index in [1.165, 1.54) is 0 Å². The molecule has 0 bridgehead atoms. The largest absolute Gasteiger partial charge is 0.467 e. The summed E-state index contributed by atoms with van der Waals surface area (Å²) in [6.07, 6.45) is 0. The van der Waals surface area contributed by atoms with E-state index in [-0.39, 0.29) is 12.5 Å². The van der Waals surface area contributed by atoms with E-state index in [0.29, 0.717) is 0 Å². The van der Waals surface area contributed by atoms with Crippen LogP contribution in [0.25, 0.3) is 11.1 Å². The molecule has 0 radical (unpaired) electrons. The summed E-state index contributed by atoms with van der Waals surface area (Å²) in [4.78, 5) is 24.0. The van der Waals surface area contributed by atoms with Gasteiger partial charge in [0.25, 0.3) is 0 Å². The van der Waals surface area contributed by atoms with Crippen LogP contribution in [0.5, 0.6) is 0 Å². The molecule has 25 heavy (non-hydrogen) atoms. The maximum absolute atomic E-state index is 12.3. The van der Waals surface area contributed by atoms with Gasteiger partial charge in [0.1, 0.15) is 6.61 Å². The number of aliphatic hydroxyl groups is 1. The lowest BCUT2D eigenvalue weighted by molar-refractivity contribution is -0.165. The third kappa shape index (κ3) is 2.79. The molecule has 0 spiro atoms. The van der Waals surface area contributed by atoms with Crippen LogP contribution in [-0.2, 0) is 19.1 Å².